The van der Waals surface area contributed by atoms with Crippen LogP contribution in [0.2, 0.25) is 0 Å². The first-order valence-electron chi connectivity index (χ1n) is 5.39. The van der Waals surface area contributed by atoms with E-state index in [1.807, 2.05) is 25.0 Å². The van der Waals surface area contributed by atoms with Crippen LogP contribution >= 0.6 is 0 Å². The monoisotopic (exact) mass is 193 g/mol. The van der Waals surface area contributed by atoms with Crippen molar-refractivity contribution >= 4 is 0 Å². The molecule has 1 saturated carbocycles. The van der Waals surface area contributed by atoms with Gasteiger partial charge in [0, 0.05) is 13.2 Å². The van der Waals surface area contributed by atoms with Crippen molar-refractivity contribution in [1.82, 2.24) is 15.1 Å². The van der Waals surface area contributed by atoms with Crippen LogP contribution in [0.5, 0.6) is 0 Å². The highest BCUT2D eigenvalue weighted by atomic mass is 15.3. The van der Waals surface area contributed by atoms with Crippen LogP contribution in [0.15, 0.2) is 12.3 Å². The molecule has 2 unspecified atom stereocenters. The smallest absolute Gasteiger partial charge is 0.0553 e. The standard InChI is InChI=1S/C11H19N3/c1-8(9-4-5-9)11(12-2)10-6-7-13-14(10)3/h6-9,11-12H,4-5H2,1-3H3. The molecule has 1 N–H and O–H groups in total. The van der Waals surface area contributed by atoms with E-state index in [0.717, 1.165) is 11.8 Å². The Morgan fingerprint density at radius 2 is 2.29 bits per heavy atom. The van der Waals surface area contributed by atoms with E-state index in [2.05, 4.69) is 23.4 Å². The quantitative estimate of drug-likeness (QED) is 0.789. The van der Waals surface area contributed by atoms with Gasteiger partial charge < -0.3 is 5.32 Å². The van der Waals surface area contributed by atoms with Gasteiger partial charge in [0.05, 0.1) is 11.7 Å². The molecule has 1 aromatic heterocycles. The summed E-state index contributed by atoms with van der Waals surface area (Å²) in [6.45, 7) is 2.34. The fourth-order valence-electron chi connectivity index (χ4n) is 2.26. The Kier molecular flexibility index (Phi) is 2.59. The summed E-state index contributed by atoms with van der Waals surface area (Å²) in [7, 11) is 4.05. The number of nitrogens with one attached hydrogen (secondary N) is 1. The van der Waals surface area contributed by atoms with E-state index in [4.69, 9.17) is 0 Å². The molecule has 0 aromatic carbocycles. The topological polar surface area (TPSA) is 29.9 Å². The average molecular weight is 193 g/mol. The second kappa shape index (κ2) is 3.73. The zero-order valence-corrected chi connectivity index (χ0v) is 9.20. The van der Waals surface area contributed by atoms with Gasteiger partial charge >= 0.3 is 0 Å². The summed E-state index contributed by atoms with van der Waals surface area (Å²) in [5.41, 5.74) is 1.30. The van der Waals surface area contributed by atoms with E-state index in [1.54, 1.807) is 0 Å². The predicted octanol–water partition coefficient (Wildman–Crippen LogP) is 1.73. The van der Waals surface area contributed by atoms with Gasteiger partial charge in [0.15, 0.2) is 0 Å². The highest BCUT2D eigenvalue weighted by Crippen LogP contribution is 2.42. The maximum atomic E-state index is 4.22. The molecule has 3 nitrogen and oxygen atoms in total. The summed E-state index contributed by atoms with van der Waals surface area (Å²) in [4.78, 5) is 0. The van der Waals surface area contributed by atoms with Gasteiger partial charge in [-0.15, -0.1) is 0 Å². The van der Waals surface area contributed by atoms with Gasteiger partial charge in [-0.05, 0) is 37.8 Å². The molecule has 0 radical (unpaired) electrons. The Labute approximate surface area is 85.5 Å². The van der Waals surface area contributed by atoms with Crippen LogP contribution < -0.4 is 5.32 Å². The van der Waals surface area contributed by atoms with Gasteiger partial charge in [0.2, 0.25) is 0 Å². The minimum absolute atomic E-state index is 0.454. The van der Waals surface area contributed by atoms with Gasteiger partial charge in [-0.25, -0.2) is 0 Å². The molecule has 2 rings (SSSR count). The first-order valence-corrected chi connectivity index (χ1v) is 5.39. The normalized spacial score (nSPS) is 20.8. The van der Waals surface area contributed by atoms with Crippen LogP contribution in [0, 0.1) is 11.8 Å². The van der Waals surface area contributed by atoms with Crippen molar-refractivity contribution in [2.45, 2.75) is 25.8 Å². The van der Waals surface area contributed by atoms with Gasteiger partial charge in [-0.1, -0.05) is 6.92 Å². The number of aromatic nitrogens is 2. The molecule has 0 spiro atoms. The number of hydrogen-bond acceptors (Lipinski definition) is 2. The molecule has 0 saturated heterocycles. The van der Waals surface area contributed by atoms with E-state index >= 15 is 0 Å². The van der Waals surface area contributed by atoms with Gasteiger partial charge in [0.1, 0.15) is 0 Å². The van der Waals surface area contributed by atoms with Crippen LogP contribution in [0.4, 0.5) is 0 Å². The van der Waals surface area contributed by atoms with E-state index in [-0.39, 0.29) is 0 Å². The molecule has 2 atom stereocenters. The molecule has 1 aliphatic carbocycles. The molecule has 0 bridgehead atoms. The summed E-state index contributed by atoms with van der Waals surface area (Å²) in [6.07, 6.45) is 4.67. The molecule has 14 heavy (non-hydrogen) atoms. The molecule has 1 aromatic rings. The minimum atomic E-state index is 0.454. The Balaban J connectivity index is 2.16. The second-order valence-corrected chi connectivity index (χ2v) is 4.34. The molecule has 3 heteroatoms. The van der Waals surface area contributed by atoms with Crippen LogP contribution in [-0.2, 0) is 7.05 Å². The Hall–Kier alpha value is -0.830. The maximum Gasteiger partial charge on any atom is 0.0553 e. The molecule has 78 valence electrons. The summed E-state index contributed by atoms with van der Waals surface area (Å²) in [5, 5.41) is 7.63. The third-order valence-electron chi connectivity index (χ3n) is 3.38. The highest BCUT2D eigenvalue weighted by Gasteiger charge is 2.34. The largest absolute Gasteiger partial charge is 0.311 e. The van der Waals surface area contributed by atoms with Crippen molar-refractivity contribution in [3.63, 3.8) is 0 Å². The number of nitrogens with zero attached hydrogens (tertiary/aromatic N) is 2. The lowest BCUT2D eigenvalue weighted by atomic mass is 9.94. The summed E-state index contributed by atoms with van der Waals surface area (Å²) in [5.74, 6) is 1.64. The van der Waals surface area contributed by atoms with Crippen LogP contribution in [0.1, 0.15) is 31.5 Å². The van der Waals surface area contributed by atoms with Crippen LogP contribution in [0.3, 0.4) is 0 Å². The zero-order valence-electron chi connectivity index (χ0n) is 9.20. The Morgan fingerprint density at radius 3 is 2.71 bits per heavy atom. The fraction of sp³-hybridized carbons (Fsp3) is 0.727. The SMILES string of the molecule is CNC(c1ccnn1C)C(C)C1CC1. The van der Waals surface area contributed by atoms with E-state index in [0.29, 0.717) is 6.04 Å². The number of aryl methyl sites for hydroxylation is 1. The lowest BCUT2D eigenvalue weighted by Crippen LogP contribution is -2.26. The predicted molar refractivity (Wildman–Crippen MR) is 56.9 cm³/mol. The number of hydrogen-bond donors (Lipinski definition) is 1. The first kappa shape index (κ1) is 9.71. The van der Waals surface area contributed by atoms with Crippen molar-refractivity contribution < 1.29 is 0 Å². The van der Waals surface area contributed by atoms with Gasteiger partial charge in [0.25, 0.3) is 0 Å². The van der Waals surface area contributed by atoms with E-state index < -0.39 is 0 Å². The van der Waals surface area contributed by atoms with Crippen molar-refractivity contribution in [3.05, 3.63) is 18.0 Å². The third kappa shape index (κ3) is 1.69. The lowest BCUT2D eigenvalue weighted by molar-refractivity contribution is 0.352. The van der Waals surface area contributed by atoms with Crippen LogP contribution in [0.25, 0.3) is 0 Å². The van der Waals surface area contributed by atoms with E-state index in [1.165, 1.54) is 18.5 Å². The Bertz CT molecular complexity index is 301. The molecule has 0 aliphatic heterocycles. The maximum absolute atomic E-state index is 4.22. The van der Waals surface area contributed by atoms with Crippen LogP contribution in [-0.4, -0.2) is 16.8 Å². The Morgan fingerprint density at radius 1 is 1.57 bits per heavy atom. The molecule has 1 heterocycles. The highest BCUT2D eigenvalue weighted by molar-refractivity contribution is 5.09. The van der Waals surface area contributed by atoms with Crippen molar-refractivity contribution in [3.8, 4) is 0 Å². The second-order valence-electron chi connectivity index (χ2n) is 4.34. The van der Waals surface area contributed by atoms with Crippen molar-refractivity contribution in [1.29, 1.82) is 0 Å². The van der Waals surface area contributed by atoms with Crippen molar-refractivity contribution in [2.75, 3.05) is 7.05 Å². The minimum Gasteiger partial charge on any atom is -0.311 e. The third-order valence-corrected chi connectivity index (χ3v) is 3.38. The van der Waals surface area contributed by atoms with Gasteiger partial charge in [-0.2, -0.15) is 5.10 Å². The zero-order chi connectivity index (χ0) is 10.1. The van der Waals surface area contributed by atoms with Crippen molar-refractivity contribution in [2.24, 2.45) is 18.9 Å². The number of rotatable bonds is 4. The summed E-state index contributed by atoms with van der Waals surface area (Å²) < 4.78 is 1.97. The summed E-state index contributed by atoms with van der Waals surface area (Å²) >= 11 is 0. The molecular formula is C11H19N3. The van der Waals surface area contributed by atoms with E-state index in [9.17, 15) is 0 Å². The lowest BCUT2D eigenvalue weighted by Gasteiger charge is -2.23. The molecular weight excluding hydrogens is 174 g/mol. The fourth-order valence-corrected chi connectivity index (χ4v) is 2.26. The molecule has 0 amide bonds. The molecule has 1 aliphatic rings. The average Bonchev–Trinajstić information content (AvgIpc) is 2.94. The molecule has 1 fully saturated rings. The first-order chi connectivity index (χ1) is 6.74. The van der Waals surface area contributed by atoms with Gasteiger partial charge in [-0.3, -0.25) is 4.68 Å². The summed E-state index contributed by atoms with van der Waals surface area (Å²) in [6, 6.07) is 2.56.